The average Bonchev–Trinajstić information content (AvgIpc) is 3.31. The van der Waals surface area contributed by atoms with Crippen LogP contribution >= 0.6 is 0 Å². The summed E-state index contributed by atoms with van der Waals surface area (Å²) >= 11 is 0. The van der Waals surface area contributed by atoms with Crippen molar-refractivity contribution in [1.82, 2.24) is 24.6 Å². The summed E-state index contributed by atoms with van der Waals surface area (Å²) in [6.07, 6.45) is -0.0575. The molecule has 3 aliphatic rings. The summed E-state index contributed by atoms with van der Waals surface area (Å²) in [7, 11) is 0. The number of nitrogens with zero attached hydrogens (tertiary/aromatic N) is 5. The normalized spacial score (nSPS) is 30.0. The quantitative estimate of drug-likeness (QED) is 0.496. The molecule has 4 atom stereocenters. The van der Waals surface area contributed by atoms with Crippen molar-refractivity contribution in [1.29, 1.82) is 0 Å². The van der Waals surface area contributed by atoms with E-state index in [0.717, 1.165) is 10.9 Å². The number of aliphatic hydroxyl groups is 1. The molecular formula is C28H36F3N5O4. The highest BCUT2D eigenvalue weighted by Crippen LogP contribution is 2.67. The second kappa shape index (κ2) is 9.81. The molecule has 12 heteroatoms. The van der Waals surface area contributed by atoms with E-state index in [4.69, 9.17) is 0 Å². The van der Waals surface area contributed by atoms with Crippen molar-refractivity contribution < 1.29 is 33.0 Å². The van der Waals surface area contributed by atoms with Crippen LogP contribution in [0.2, 0.25) is 0 Å². The lowest BCUT2D eigenvalue weighted by atomic mass is 9.74. The van der Waals surface area contributed by atoms with Crippen molar-refractivity contribution in [2.24, 2.45) is 22.7 Å². The summed E-state index contributed by atoms with van der Waals surface area (Å²) in [6.45, 7) is 7.38. The fraction of sp³-hybridized carbons (Fsp3) is 0.679. The van der Waals surface area contributed by atoms with Gasteiger partial charge in [-0.2, -0.15) is 18.3 Å². The lowest BCUT2D eigenvalue weighted by Gasteiger charge is -2.35. The molecule has 3 aliphatic carbocycles. The van der Waals surface area contributed by atoms with Crippen LogP contribution in [0.5, 0.6) is 0 Å². The highest BCUT2D eigenvalue weighted by molar-refractivity contribution is 5.95. The van der Waals surface area contributed by atoms with E-state index in [2.05, 4.69) is 28.9 Å². The van der Waals surface area contributed by atoms with Crippen molar-refractivity contribution in [3.8, 4) is 0 Å². The average molecular weight is 564 g/mol. The summed E-state index contributed by atoms with van der Waals surface area (Å²) < 4.78 is 44.5. The van der Waals surface area contributed by atoms with Gasteiger partial charge in [0.2, 0.25) is 0 Å². The number of carbonyl (C=O) groups is 2. The van der Waals surface area contributed by atoms with Gasteiger partial charge in [-0.25, -0.2) is 0 Å². The summed E-state index contributed by atoms with van der Waals surface area (Å²) in [5.41, 5.74) is -1.78. The minimum atomic E-state index is -4.86. The Morgan fingerprint density at radius 3 is 2.27 bits per heavy atom. The molecule has 0 aliphatic heterocycles. The minimum absolute atomic E-state index is 0.138. The summed E-state index contributed by atoms with van der Waals surface area (Å²) in [5.74, 6) is -1.05. The number of hydrogen-bond acceptors (Lipinski definition) is 6. The molecular weight excluding hydrogens is 527 g/mol. The number of carboxylic acids is 1. The highest BCUT2D eigenvalue weighted by Gasteiger charge is 2.63. The van der Waals surface area contributed by atoms with Crippen LogP contribution in [0, 0.1) is 29.6 Å². The monoisotopic (exact) mass is 563 g/mol. The van der Waals surface area contributed by atoms with Crippen LogP contribution in [0.3, 0.4) is 0 Å². The lowest BCUT2D eigenvalue weighted by Crippen LogP contribution is -2.43. The molecule has 9 nitrogen and oxygen atoms in total. The van der Waals surface area contributed by atoms with Crippen LogP contribution in [-0.4, -0.2) is 59.3 Å². The van der Waals surface area contributed by atoms with E-state index >= 15 is 0 Å². The Labute approximate surface area is 230 Å². The van der Waals surface area contributed by atoms with Gasteiger partial charge in [-0.3, -0.25) is 24.2 Å². The standard InChI is InChI=1S/C28H36F3N5O4/c1-15-22(33-10-9-32-15)21(37)14-35(17-11-19-20(12-17)26(19,2)3)24(38)18-13-34-36(23(18)28(29,30)31)16-5-7-27(4,8-6-16)25(39)40/h9-10,13,16-17,19-21,37H,5-8,11-12,14H2,1-4H3,(H,39,40)/t16?,17-,19+,20-,21?,27?. The number of halogens is 3. The van der Waals surface area contributed by atoms with Gasteiger partial charge >= 0.3 is 12.1 Å². The second-order valence-corrected chi connectivity index (χ2v) is 12.6. The van der Waals surface area contributed by atoms with Crippen molar-refractivity contribution in [2.75, 3.05) is 6.54 Å². The van der Waals surface area contributed by atoms with Crippen molar-refractivity contribution in [3.05, 3.63) is 41.2 Å². The zero-order valence-corrected chi connectivity index (χ0v) is 23.1. The van der Waals surface area contributed by atoms with E-state index in [1.807, 2.05) is 0 Å². The third-order valence-corrected chi connectivity index (χ3v) is 9.86. The molecule has 1 amide bonds. The van der Waals surface area contributed by atoms with Crippen LogP contribution in [0.25, 0.3) is 0 Å². The molecule has 2 heterocycles. The maximum atomic E-state index is 14.5. The molecule has 218 valence electrons. The fourth-order valence-electron chi connectivity index (χ4n) is 7.08. The second-order valence-electron chi connectivity index (χ2n) is 12.6. The number of alkyl halides is 3. The summed E-state index contributed by atoms with van der Waals surface area (Å²) in [6, 6.07) is -0.996. The molecule has 3 saturated carbocycles. The van der Waals surface area contributed by atoms with Gasteiger partial charge in [-0.15, -0.1) is 0 Å². The molecule has 0 radical (unpaired) electrons. The van der Waals surface area contributed by atoms with Gasteiger partial charge < -0.3 is 15.1 Å². The predicted octanol–water partition coefficient (Wildman–Crippen LogP) is 4.82. The van der Waals surface area contributed by atoms with Gasteiger partial charge in [-0.05, 0) is 69.6 Å². The summed E-state index contributed by atoms with van der Waals surface area (Å²) in [4.78, 5) is 35.3. The Balaban J connectivity index is 1.46. The van der Waals surface area contributed by atoms with Crippen molar-refractivity contribution >= 4 is 11.9 Å². The first-order valence-corrected chi connectivity index (χ1v) is 13.8. The molecule has 0 saturated heterocycles. The first-order chi connectivity index (χ1) is 18.6. The van der Waals surface area contributed by atoms with E-state index in [1.54, 1.807) is 13.8 Å². The maximum absolute atomic E-state index is 14.5. The van der Waals surface area contributed by atoms with Gasteiger partial charge in [0.15, 0.2) is 5.69 Å². The zero-order valence-electron chi connectivity index (χ0n) is 23.1. The number of aromatic nitrogens is 4. The molecule has 0 spiro atoms. The Morgan fingerprint density at radius 2 is 1.73 bits per heavy atom. The molecule has 5 rings (SSSR count). The first-order valence-electron chi connectivity index (χ1n) is 13.8. The molecule has 2 aromatic rings. The lowest BCUT2D eigenvalue weighted by molar-refractivity contribution is -0.152. The zero-order chi connectivity index (χ0) is 29.2. The highest BCUT2D eigenvalue weighted by atomic mass is 19.4. The molecule has 2 aromatic heterocycles. The van der Waals surface area contributed by atoms with Gasteiger partial charge in [0.25, 0.3) is 5.91 Å². The molecule has 2 N–H and O–H groups in total. The fourth-order valence-corrected chi connectivity index (χ4v) is 7.08. The SMILES string of the molecule is Cc1nccnc1C(O)CN(C(=O)c1cnn(C2CCC(C)(C(=O)O)CC2)c1C(F)(F)F)[C@H]1C[C@@H]2[C@H](C1)C2(C)C. The topological polar surface area (TPSA) is 121 Å². The predicted molar refractivity (Wildman–Crippen MR) is 137 cm³/mol. The maximum Gasteiger partial charge on any atom is 0.433 e. The Morgan fingerprint density at radius 1 is 1.12 bits per heavy atom. The van der Waals surface area contributed by atoms with Gasteiger partial charge in [0, 0.05) is 18.4 Å². The van der Waals surface area contributed by atoms with Crippen LogP contribution in [0.4, 0.5) is 13.2 Å². The third kappa shape index (κ3) is 4.88. The largest absolute Gasteiger partial charge is 0.481 e. The Kier molecular flexibility index (Phi) is 6.99. The minimum Gasteiger partial charge on any atom is -0.481 e. The Hall–Kier alpha value is -3.02. The smallest absolute Gasteiger partial charge is 0.433 e. The molecule has 0 bridgehead atoms. The molecule has 0 aromatic carbocycles. The number of fused-ring (bicyclic) bond motifs is 1. The van der Waals surface area contributed by atoms with Gasteiger partial charge in [0.05, 0.1) is 41.1 Å². The van der Waals surface area contributed by atoms with Crippen molar-refractivity contribution in [3.63, 3.8) is 0 Å². The van der Waals surface area contributed by atoms with Gasteiger partial charge in [-0.1, -0.05) is 13.8 Å². The number of rotatable bonds is 7. The first kappa shape index (κ1) is 28.5. The van der Waals surface area contributed by atoms with Crippen LogP contribution in [-0.2, 0) is 11.0 Å². The van der Waals surface area contributed by atoms with E-state index in [9.17, 15) is 33.0 Å². The van der Waals surface area contributed by atoms with E-state index in [-0.39, 0.29) is 49.4 Å². The number of aliphatic carboxylic acids is 1. The number of aliphatic hydroxyl groups excluding tert-OH is 1. The van der Waals surface area contributed by atoms with E-state index < -0.39 is 46.9 Å². The van der Waals surface area contributed by atoms with Crippen LogP contribution in [0.15, 0.2) is 18.6 Å². The Bertz CT molecular complexity index is 1290. The van der Waals surface area contributed by atoms with E-state index in [1.165, 1.54) is 17.3 Å². The third-order valence-electron chi connectivity index (χ3n) is 9.86. The molecule has 1 unspecified atom stereocenters. The number of carboxylic acid groups (broad SMARTS) is 1. The molecule has 40 heavy (non-hydrogen) atoms. The molecule has 3 fully saturated rings. The number of amides is 1. The van der Waals surface area contributed by atoms with Crippen molar-refractivity contribution in [2.45, 2.75) is 90.6 Å². The number of aryl methyl sites for hydroxylation is 1. The number of carbonyl (C=O) groups excluding carboxylic acids is 1. The van der Waals surface area contributed by atoms with Crippen LogP contribution < -0.4 is 0 Å². The van der Waals surface area contributed by atoms with E-state index in [0.29, 0.717) is 30.4 Å². The van der Waals surface area contributed by atoms with Crippen LogP contribution in [0.1, 0.15) is 98.9 Å². The van der Waals surface area contributed by atoms with Gasteiger partial charge in [0.1, 0.15) is 6.10 Å². The number of hydrogen-bond donors (Lipinski definition) is 2. The summed E-state index contributed by atoms with van der Waals surface area (Å²) in [5, 5.41) is 24.6.